The molecule has 2 N–H and O–H groups in total. The highest BCUT2D eigenvalue weighted by atomic mass is 16.5. The monoisotopic (exact) mass is 349 g/mol. The number of benzene rings is 1. The van der Waals surface area contributed by atoms with Crippen molar-refractivity contribution in [2.75, 3.05) is 6.61 Å². The third kappa shape index (κ3) is 8.16. The first-order valence-corrected chi connectivity index (χ1v) is 8.83. The van der Waals surface area contributed by atoms with Crippen LogP contribution in [0.1, 0.15) is 71.0 Å². The zero-order valence-electron chi connectivity index (χ0n) is 16.0. The number of ether oxygens (including phenoxy) is 1. The SMILES string of the molecule is CC(C)OCCCC(=O)NC(CC(=O)O)c1ccc(C(C)(C)C)cc1. The van der Waals surface area contributed by atoms with Gasteiger partial charge in [-0.3, -0.25) is 9.59 Å². The van der Waals surface area contributed by atoms with Crippen LogP contribution in [0.3, 0.4) is 0 Å². The van der Waals surface area contributed by atoms with Crippen LogP contribution in [-0.2, 0) is 19.7 Å². The fourth-order valence-corrected chi connectivity index (χ4v) is 2.46. The highest BCUT2D eigenvalue weighted by Crippen LogP contribution is 2.25. The highest BCUT2D eigenvalue weighted by molar-refractivity contribution is 5.77. The fraction of sp³-hybridized carbons (Fsp3) is 0.600. The first kappa shape index (κ1) is 21.2. The van der Waals surface area contributed by atoms with Gasteiger partial charge in [0.15, 0.2) is 0 Å². The molecular formula is C20H31NO4. The summed E-state index contributed by atoms with van der Waals surface area (Å²) in [5.41, 5.74) is 2.00. The topological polar surface area (TPSA) is 75.6 Å². The molecule has 5 heteroatoms. The Morgan fingerprint density at radius 1 is 1.16 bits per heavy atom. The third-order valence-corrected chi connectivity index (χ3v) is 3.89. The van der Waals surface area contributed by atoms with E-state index < -0.39 is 12.0 Å². The van der Waals surface area contributed by atoms with Gasteiger partial charge in [-0.25, -0.2) is 0 Å². The maximum atomic E-state index is 12.1. The van der Waals surface area contributed by atoms with Crippen LogP contribution >= 0.6 is 0 Å². The number of carboxylic acid groups (broad SMARTS) is 1. The molecule has 1 amide bonds. The van der Waals surface area contributed by atoms with Gasteiger partial charge in [-0.2, -0.15) is 0 Å². The molecule has 1 unspecified atom stereocenters. The third-order valence-electron chi connectivity index (χ3n) is 3.89. The van der Waals surface area contributed by atoms with Crippen molar-refractivity contribution in [1.82, 2.24) is 5.32 Å². The molecule has 0 heterocycles. The van der Waals surface area contributed by atoms with Gasteiger partial charge in [-0.1, -0.05) is 45.0 Å². The molecular weight excluding hydrogens is 318 g/mol. The van der Waals surface area contributed by atoms with Crippen molar-refractivity contribution in [1.29, 1.82) is 0 Å². The average Bonchev–Trinajstić information content (AvgIpc) is 2.49. The Hall–Kier alpha value is -1.88. The molecule has 0 saturated heterocycles. The standard InChI is InChI=1S/C20H31NO4/c1-14(2)25-12-6-7-18(22)21-17(13-19(23)24)15-8-10-16(11-9-15)20(3,4)5/h8-11,14,17H,6-7,12-13H2,1-5H3,(H,21,22)(H,23,24). The number of aliphatic carboxylic acids is 1. The van der Waals surface area contributed by atoms with E-state index in [0.29, 0.717) is 19.4 Å². The van der Waals surface area contributed by atoms with Gasteiger partial charge >= 0.3 is 5.97 Å². The minimum Gasteiger partial charge on any atom is -0.481 e. The molecule has 140 valence electrons. The van der Waals surface area contributed by atoms with Crippen LogP contribution in [0.5, 0.6) is 0 Å². The van der Waals surface area contributed by atoms with Gasteiger partial charge in [0.05, 0.1) is 18.6 Å². The van der Waals surface area contributed by atoms with E-state index in [1.807, 2.05) is 38.1 Å². The molecule has 0 aliphatic heterocycles. The molecule has 5 nitrogen and oxygen atoms in total. The van der Waals surface area contributed by atoms with E-state index >= 15 is 0 Å². The zero-order chi connectivity index (χ0) is 19.0. The predicted octanol–water partition coefficient (Wildman–Crippen LogP) is 3.82. The second kappa shape index (κ2) is 9.56. The predicted molar refractivity (Wildman–Crippen MR) is 98.6 cm³/mol. The minimum atomic E-state index is -0.937. The number of hydrogen-bond donors (Lipinski definition) is 2. The average molecular weight is 349 g/mol. The molecule has 1 aromatic carbocycles. The van der Waals surface area contributed by atoms with E-state index in [1.165, 1.54) is 5.56 Å². The van der Waals surface area contributed by atoms with Gasteiger partial charge in [0.2, 0.25) is 5.91 Å². The van der Waals surface area contributed by atoms with Crippen LogP contribution in [0, 0.1) is 0 Å². The molecule has 0 aliphatic rings. The van der Waals surface area contributed by atoms with Crippen LogP contribution in [0.15, 0.2) is 24.3 Å². The van der Waals surface area contributed by atoms with Crippen LogP contribution in [-0.4, -0.2) is 29.7 Å². The summed E-state index contributed by atoms with van der Waals surface area (Å²) in [5, 5.41) is 12.0. The molecule has 0 radical (unpaired) electrons. The quantitative estimate of drug-likeness (QED) is 0.665. The number of carbonyl (C=O) groups is 2. The summed E-state index contributed by atoms with van der Waals surface area (Å²) in [4.78, 5) is 23.3. The van der Waals surface area contributed by atoms with E-state index in [2.05, 4.69) is 26.1 Å². The molecule has 0 fully saturated rings. The summed E-state index contributed by atoms with van der Waals surface area (Å²) < 4.78 is 5.42. The maximum Gasteiger partial charge on any atom is 0.305 e. The second-order valence-electron chi connectivity index (χ2n) is 7.61. The molecule has 0 aromatic heterocycles. The summed E-state index contributed by atoms with van der Waals surface area (Å²) in [6.45, 7) is 10.8. The molecule has 0 aliphatic carbocycles. The van der Waals surface area contributed by atoms with Crippen LogP contribution in [0.25, 0.3) is 0 Å². The van der Waals surface area contributed by atoms with Crippen LogP contribution < -0.4 is 5.32 Å². The molecule has 1 aromatic rings. The number of hydrogen-bond acceptors (Lipinski definition) is 3. The van der Waals surface area contributed by atoms with Gasteiger partial charge in [0.1, 0.15) is 0 Å². The van der Waals surface area contributed by atoms with E-state index in [0.717, 1.165) is 5.56 Å². The Bertz CT molecular complexity index is 558. The van der Waals surface area contributed by atoms with Crippen molar-refractivity contribution in [3.8, 4) is 0 Å². The van der Waals surface area contributed by atoms with Crippen molar-refractivity contribution in [3.05, 3.63) is 35.4 Å². The summed E-state index contributed by atoms with van der Waals surface area (Å²) in [6, 6.07) is 7.26. The molecule has 1 atom stereocenters. The molecule has 1 rings (SSSR count). The number of rotatable bonds is 9. The van der Waals surface area contributed by atoms with E-state index in [1.54, 1.807) is 0 Å². The summed E-state index contributed by atoms with van der Waals surface area (Å²) in [5.74, 6) is -1.09. The van der Waals surface area contributed by atoms with Gasteiger partial charge < -0.3 is 15.2 Å². The summed E-state index contributed by atoms with van der Waals surface area (Å²) >= 11 is 0. The zero-order valence-corrected chi connectivity index (χ0v) is 16.0. The van der Waals surface area contributed by atoms with Crippen molar-refractivity contribution in [2.24, 2.45) is 0 Å². The first-order chi connectivity index (χ1) is 11.6. The van der Waals surface area contributed by atoms with Crippen molar-refractivity contribution in [2.45, 2.75) is 71.4 Å². The van der Waals surface area contributed by atoms with E-state index in [-0.39, 0.29) is 23.8 Å². The first-order valence-electron chi connectivity index (χ1n) is 8.83. The Kier molecular flexibility index (Phi) is 8.10. The Morgan fingerprint density at radius 2 is 1.76 bits per heavy atom. The number of amides is 1. The van der Waals surface area contributed by atoms with Crippen molar-refractivity contribution in [3.63, 3.8) is 0 Å². The Balaban J connectivity index is 2.70. The number of nitrogens with one attached hydrogen (secondary N) is 1. The summed E-state index contributed by atoms with van der Waals surface area (Å²) in [6.07, 6.45) is 0.947. The molecule has 25 heavy (non-hydrogen) atoms. The van der Waals surface area contributed by atoms with Gasteiger partial charge in [0.25, 0.3) is 0 Å². The van der Waals surface area contributed by atoms with E-state index in [9.17, 15) is 9.59 Å². The Labute approximate surface area is 150 Å². The van der Waals surface area contributed by atoms with Crippen molar-refractivity contribution < 1.29 is 19.4 Å². The smallest absolute Gasteiger partial charge is 0.305 e. The van der Waals surface area contributed by atoms with Crippen LogP contribution in [0.2, 0.25) is 0 Å². The second-order valence-corrected chi connectivity index (χ2v) is 7.61. The largest absolute Gasteiger partial charge is 0.481 e. The van der Waals surface area contributed by atoms with Gasteiger partial charge in [-0.05, 0) is 36.8 Å². The fourth-order valence-electron chi connectivity index (χ4n) is 2.46. The lowest BCUT2D eigenvalue weighted by atomic mass is 9.86. The minimum absolute atomic E-state index is 0.0283. The lowest BCUT2D eigenvalue weighted by Crippen LogP contribution is -2.30. The molecule has 0 spiro atoms. The van der Waals surface area contributed by atoms with Crippen LogP contribution in [0.4, 0.5) is 0 Å². The maximum absolute atomic E-state index is 12.1. The van der Waals surface area contributed by atoms with E-state index in [4.69, 9.17) is 9.84 Å². The molecule has 0 bridgehead atoms. The van der Waals surface area contributed by atoms with Gasteiger partial charge in [-0.15, -0.1) is 0 Å². The van der Waals surface area contributed by atoms with Crippen molar-refractivity contribution >= 4 is 11.9 Å². The Morgan fingerprint density at radius 3 is 2.24 bits per heavy atom. The molecule has 0 saturated carbocycles. The van der Waals surface area contributed by atoms with Gasteiger partial charge in [0, 0.05) is 13.0 Å². The highest BCUT2D eigenvalue weighted by Gasteiger charge is 2.19. The number of carbonyl (C=O) groups excluding carboxylic acids is 1. The summed E-state index contributed by atoms with van der Waals surface area (Å²) in [7, 11) is 0. The number of carboxylic acids is 1. The normalized spacial score (nSPS) is 12.9. The lowest BCUT2D eigenvalue weighted by Gasteiger charge is -2.22. The lowest BCUT2D eigenvalue weighted by molar-refractivity contribution is -0.137.